The largest absolute Gasteiger partial charge is 0.497 e. The van der Waals surface area contributed by atoms with E-state index in [0.29, 0.717) is 16.5 Å². The van der Waals surface area contributed by atoms with Crippen LogP contribution in [-0.2, 0) is 0 Å². The van der Waals surface area contributed by atoms with Crippen LogP contribution in [0.15, 0.2) is 53.4 Å². The van der Waals surface area contributed by atoms with E-state index in [0.717, 1.165) is 10.6 Å². The number of thioether (sulfide) groups is 1. The molecule has 0 heterocycles. The standard InChI is InChI=1S/C16H17ClO3S/c1-19-14-4-6-15(7-5-14)20-10-13(18)11-21-16-8-2-12(17)3-9-16/h2-9,13,18H,10-11H2,1H3/t13-/m1/s1. The second kappa shape index (κ2) is 8.17. The van der Waals surface area contributed by atoms with Gasteiger partial charge in [-0.25, -0.2) is 0 Å². The lowest BCUT2D eigenvalue weighted by Gasteiger charge is -2.12. The van der Waals surface area contributed by atoms with E-state index < -0.39 is 6.10 Å². The zero-order valence-corrected chi connectivity index (χ0v) is 13.2. The predicted octanol–water partition coefficient (Wildman–Crippen LogP) is 3.88. The fraction of sp³-hybridized carbons (Fsp3) is 0.250. The average Bonchev–Trinajstić information content (AvgIpc) is 2.53. The van der Waals surface area contributed by atoms with Crippen LogP contribution in [0, 0.1) is 0 Å². The van der Waals surface area contributed by atoms with Gasteiger partial charge >= 0.3 is 0 Å². The summed E-state index contributed by atoms with van der Waals surface area (Å²) in [7, 11) is 1.62. The van der Waals surface area contributed by atoms with Crippen LogP contribution in [0.25, 0.3) is 0 Å². The predicted molar refractivity (Wildman–Crippen MR) is 86.7 cm³/mol. The molecule has 0 amide bonds. The maximum Gasteiger partial charge on any atom is 0.119 e. The zero-order chi connectivity index (χ0) is 15.1. The van der Waals surface area contributed by atoms with Crippen LogP contribution in [0.2, 0.25) is 5.02 Å². The van der Waals surface area contributed by atoms with Crippen LogP contribution in [0.3, 0.4) is 0 Å². The molecular weight excluding hydrogens is 308 g/mol. The Morgan fingerprint density at radius 1 is 1.05 bits per heavy atom. The molecule has 2 aromatic rings. The molecule has 0 aliphatic carbocycles. The highest BCUT2D eigenvalue weighted by atomic mass is 35.5. The quantitative estimate of drug-likeness (QED) is 0.784. The van der Waals surface area contributed by atoms with Gasteiger partial charge in [-0.05, 0) is 48.5 Å². The summed E-state index contributed by atoms with van der Waals surface area (Å²) >= 11 is 7.40. The maximum atomic E-state index is 9.93. The first-order valence-corrected chi connectivity index (χ1v) is 7.87. The Hall–Kier alpha value is -1.36. The molecule has 5 heteroatoms. The summed E-state index contributed by atoms with van der Waals surface area (Å²) in [6.07, 6.45) is -0.534. The fourth-order valence-corrected chi connectivity index (χ4v) is 2.57. The third kappa shape index (κ3) is 5.50. The van der Waals surface area contributed by atoms with Gasteiger partial charge in [-0.1, -0.05) is 11.6 Å². The molecule has 0 fully saturated rings. The van der Waals surface area contributed by atoms with Crippen LogP contribution < -0.4 is 9.47 Å². The Labute approximate surface area is 133 Å². The number of hydrogen-bond acceptors (Lipinski definition) is 4. The third-order valence-electron chi connectivity index (χ3n) is 2.76. The van der Waals surface area contributed by atoms with Gasteiger partial charge in [-0.2, -0.15) is 0 Å². The number of aliphatic hydroxyl groups excluding tert-OH is 1. The van der Waals surface area contributed by atoms with Crippen molar-refractivity contribution in [1.29, 1.82) is 0 Å². The molecule has 0 bridgehead atoms. The van der Waals surface area contributed by atoms with Crippen molar-refractivity contribution in [2.24, 2.45) is 0 Å². The number of methoxy groups -OCH3 is 1. The minimum atomic E-state index is -0.534. The van der Waals surface area contributed by atoms with E-state index in [9.17, 15) is 5.11 Å². The molecule has 2 rings (SSSR count). The molecule has 0 saturated carbocycles. The summed E-state index contributed by atoms with van der Waals surface area (Å²) < 4.78 is 10.6. The molecule has 0 unspecified atom stereocenters. The van der Waals surface area contributed by atoms with E-state index in [4.69, 9.17) is 21.1 Å². The van der Waals surface area contributed by atoms with Crippen molar-refractivity contribution >= 4 is 23.4 Å². The van der Waals surface area contributed by atoms with Crippen LogP contribution in [0.5, 0.6) is 11.5 Å². The number of benzene rings is 2. The van der Waals surface area contributed by atoms with E-state index in [2.05, 4.69) is 0 Å². The smallest absolute Gasteiger partial charge is 0.119 e. The summed E-state index contributed by atoms with van der Waals surface area (Å²) in [5.41, 5.74) is 0. The molecule has 0 aromatic heterocycles. The lowest BCUT2D eigenvalue weighted by Crippen LogP contribution is -2.19. The molecule has 112 valence electrons. The number of halogens is 1. The van der Waals surface area contributed by atoms with Gasteiger partial charge in [0.25, 0.3) is 0 Å². The molecule has 0 saturated heterocycles. The van der Waals surface area contributed by atoms with E-state index in [1.807, 2.05) is 48.5 Å². The van der Waals surface area contributed by atoms with E-state index in [1.54, 1.807) is 18.9 Å². The van der Waals surface area contributed by atoms with Crippen molar-refractivity contribution in [3.05, 3.63) is 53.6 Å². The minimum Gasteiger partial charge on any atom is -0.497 e. The highest BCUT2D eigenvalue weighted by Crippen LogP contribution is 2.22. The summed E-state index contributed by atoms with van der Waals surface area (Å²) in [5.74, 6) is 2.06. The first-order chi connectivity index (χ1) is 10.2. The first-order valence-electron chi connectivity index (χ1n) is 6.50. The molecule has 0 aliphatic heterocycles. The maximum absolute atomic E-state index is 9.93. The van der Waals surface area contributed by atoms with Crippen LogP contribution >= 0.6 is 23.4 Å². The van der Waals surface area contributed by atoms with Gasteiger partial charge < -0.3 is 14.6 Å². The Balaban J connectivity index is 1.73. The van der Waals surface area contributed by atoms with Crippen LogP contribution in [0.1, 0.15) is 0 Å². The van der Waals surface area contributed by atoms with Crippen LogP contribution in [0.4, 0.5) is 0 Å². The number of ether oxygens (including phenoxy) is 2. The highest BCUT2D eigenvalue weighted by molar-refractivity contribution is 7.99. The summed E-state index contributed by atoms with van der Waals surface area (Å²) in [4.78, 5) is 1.07. The lowest BCUT2D eigenvalue weighted by atomic mass is 10.3. The molecule has 21 heavy (non-hydrogen) atoms. The first kappa shape index (κ1) is 16.0. The Kier molecular flexibility index (Phi) is 6.23. The molecule has 1 N–H and O–H groups in total. The van der Waals surface area contributed by atoms with E-state index in [-0.39, 0.29) is 6.61 Å². The summed E-state index contributed by atoms with van der Waals surface area (Å²) in [6.45, 7) is 0.257. The van der Waals surface area contributed by atoms with Crippen molar-refractivity contribution in [2.75, 3.05) is 19.5 Å². The Morgan fingerprint density at radius 2 is 1.67 bits per heavy atom. The topological polar surface area (TPSA) is 38.7 Å². The van der Waals surface area contributed by atoms with Gasteiger partial charge in [0, 0.05) is 15.7 Å². The summed E-state index contributed by atoms with van der Waals surface area (Å²) in [5, 5.41) is 10.6. The van der Waals surface area contributed by atoms with Gasteiger partial charge in [0.05, 0.1) is 13.2 Å². The third-order valence-corrected chi connectivity index (χ3v) is 4.17. The molecule has 1 atom stereocenters. The molecule has 2 aromatic carbocycles. The van der Waals surface area contributed by atoms with Gasteiger partial charge in [-0.3, -0.25) is 0 Å². The van der Waals surface area contributed by atoms with Gasteiger partial charge in [0.2, 0.25) is 0 Å². The Bertz CT molecular complexity index is 542. The monoisotopic (exact) mass is 324 g/mol. The lowest BCUT2D eigenvalue weighted by molar-refractivity contribution is 0.126. The SMILES string of the molecule is COc1ccc(OC[C@@H](O)CSc2ccc(Cl)cc2)cc1. The fourth-order valence-electron chi connectivity index (χ4n) is 1.64. The van der Waals surface area contributed by atoms with Gasteiger partial charge in [0.15, 0.2) is 0 Å². The number of aliphatic hydroxyl groups is 1. The van der Waals surface area contributed by atoms with Gasteiger partial charge in [0.1, 0.15) is 18.1 Å². The molecule has 0 spiro atoms. The van der Waals surface area contributed by atoms with Crippen molar-refractivity contribution in [3.63, 3.8) is 0 Å². The molecule has 3 nitrogen and oxygen atoms in total. The highest BCUT2D eigenvalue weighted by Gasteiger charge is 2.06. The second-order valence-electron chi connectivity index (χ2n) is 4.41. The van der Waals surface area contributed by atoms with Crippen LogP contribution in [-0.4, -0.2) is 30.7 Å². The molecule has 0 radical (unpaired) electrons. The average molecular weight is 325 g/mol. The van der Waals surface area contributed by atoms with E-state index >= 15 is 0 Å². The molecular formula is C16H17ClO3S. The normalized spacial score (nSPS) is 12.0. The number of rotatable bonds is 7. The van der Waals surface area contributed by atoms with E-state index in [1.165, 1.54) is 0 Å². The number of hydrogen-bond donors (Lipinski definition) is 1. The molecule has 0 aliphatic rings. The second-order valence-corrected chi connectivity index (χ2v) is 5.94. The van der Waals surface area contributed by atoms with Crippen molar-refractivity contribution in [1.82, 2.24) is 0 Å². The minimum absolute atomic E-state index is 0.257. The van der Waals surface area contributed by atoms with Gasteiger partial charge in [-0.15, -0.1) is 11.8 Å². The zero-order valence-electron chi connectivity index (χ0n) is 11.7. The van der Waals surface area contributed by atoms with Crippen molar-refractivity contribution < 1.29 is 14.6 Å². The van der Waals surface area contributed by atoms with Crippen molar-refractivity contribution in [2.45, 2.75) is 11.0 Å². The summed E-state index contributed by atoms with van der Waals surface area (Å²) in [6, 6.07) is 14.8. The van der Waals surface area contributed by atoms with Crippen molar-refractivity contribution in [3.8, 4) is 11.5 Å². The Morgan fingerprint density at radius 3 is 2.29 bits per heavy atom.